The molecule has 0 aromatic heterocycles. The first kappa shape index (κ1) is 15.7. The summed E-state index contributed by atoms with van der Waals surface area (Å²) < 4.78 is 25.1. The number of rotatable bonds is 5. The van der Waals surface area contributed by atoms with Crippen molar-refractivity contribution in [1.29, 1.82) is 5.26 Å². The molecule has 1 atom stereocenters. The van der Waals surface area contributed by atoms with E-state index in [0.717, 1.165) is 11.1 Å². The van der Waals surface area contributed by atoms with Crippen molar-refractivity contribution in [3.8, 4) is 6.07 Å². The van der Waals surface area contributed by atoms with E-state index in [-0.39, 0.29) is 10.8 Å². The number of benzene rings is 1. The highest BCUT2D eigenvalue weighted by Gasteiger charge is 2.33. The topological polar surface area (TPSA) is 57.9 Å². The largest absolute Gasteiger partial charge is 0.222 e. The van der Waals surface area contributed by atoms with Gasteiger partial charge < -0.3 is 0 Å². The van der Waals surface area contributed by atoms with Gasteiger partial charge in [0.1, 0.15) is 0 Å². The molecule has 0 aliphatic carbocycles. The smallest absolute Gasteiger partial charge is 0.194 e. The van der Waals surface area contributed by atoms with Crippen molar-refractivity contribution in [2.45, 2.75) is 50.7 Å². The fraction of sp³-hybridized carbons (Fsp3) is 0.533. The number of nitrogens with zero attached hydrogens (tertiary/aromatic N) is 1. The molecule has 19 heavy (non-hydrogen) atoms. The van der Waals surface area contributed by atoms with Crippen LogP contribution in [-0.4, -0.2) is 13.7 Å². The van der Waals surface area contributed by atoms with Crippen molar-refractivity contribution in [2.24, 2.45) is 5.92 Å². The van der Waals surface area contributed by atoms with E-state index in [1.807, 2.05) is 33.8 Å². The SMILES string of the molecule is CCC(CC)C(C#N)S(=O)(=O)c1ccc(C)c(C)c1. The van der Waals surface area contributed by atoms with Crippen molar-refractivity contribution in [2.75, 3.05) is 0 Å². The Labute approximate surface area is 116 Å². The maximum absolute atomic E-state index is 12.6. The Hall–Kier alpha value is -1.34. The molecule has 1 rings (SSSR count). The minimum Gasteiger partial charge on any atom is -0.222 e. The van der Waals surface area contributed by atoms with Gasteiger partial charge in [0.2, 0.25) is 0 Å². The molecule has 0 saturated carbocycles. The van der Waals surface area contributed by atoms with E-state index in [1.165, 1.54) is 0 Å². The lowest BCUT2D eigenvalue weighted by Crippen LogP contribution is -2.28. The van der Waals surface area contributed by atoms with Gasteiger partial charge in [0, 0.05) is 0 Å². The van der Waals surface area contributed by atoms with Crippen LogP contribution >= 0.6 is 0 Å². The van der Waals surface area contributed by atoms with E-state index in [2.05, 4.69) is 0 Å². The van der Waals surface area contributed by atoms with Gasteiger partial charge >= 0.3 is 0 Å². The van der Waals surface area contributed by atoms with Crippen LogP contribution in [0.4, 0.5) is 0 Å². The number of sulfone groups is 1. The lowest BCUT2D eigenvalue weighted by molar-refractivity contribution is 0.486. The summed E-state index contributed by atoms with van der Waals surface area (Å²) in [5.41, 5.74) is 1.98. The number of aryl methyl sites for hydroxylation is 2. The zero-order valence-electron chi connectivity index (χ0n) is 12.0. The van der Waals surface area contributed by atoms with Crippen molar-refractivity contribution in [3.05, 3.63) is 29.3 Å². The summed E-state index contributed by atoms with van der Waals surface area (Å²) in [4.78, 5) is 0.258. The first-order valence-electron chi connectivity index (χ1n) is 6.59. The molecule has 0 bridgehead atoms. The van der Waals surface area contributed by atoms with Crippen molar-refractivity contribution < 1.29 is 8.42 Å². The highest BCUT2D eigenvalue weighted by atomic mass is 32.2. The fourth-order valence-corrected chi connectivity index (χ4v) is 4.10. The summed E-state index contributed by atoms with van der Waals surface area (Å²) in [6, 6.07) is 7.05. The Balaban J connectivity index is 3.29. The molecule has 3 nitrogen and oxygen atoms in total. The van der Waals surface area contributed by atoms with Gasteiger partial charge in [-0.25, -0.2) is 8.42 Å². The van der Waals surface area contributed by atoms with E-state index in [1.54, 1.807) is 18.2 Å². The fourth-order valence-electron chi connectivity index (χ4n) is 2.18. The third-order valence-electron chi connectivity index (χ3n) is 3.75. The minimum atomic E-state index is -3.57. The van der Waals surface area contributed by atoms with Crippen LogP contribution in [-0.2, 0) is 9.84 Å². The molecule has 1 aromatic carbocycles. The van der Waals surface area contributed by atoms with Gasteiger partial charge in [0.05, 0.1) is 11.0 Å². The van der Waals surface area contributed by atoms with Gasteiger partial charge in [0.25, 0.3) is 0 Å². The molecular formula is C15H21NO2S. The Morgan fingerprint density at radius 3 is 2.16 bits per heavy atom. The van der Waals surface area contributed by atoms with E-state index in [0.29, 0.717) is 12.8 Å². The molecule has 0 amide bonds. The van der Waals surface area contributed by atoms with E-state index < -0.39 is 15.1 Å². The first-order chi connectivity index (χ1) is 8.88. The minimum absolute atomic E-state index is 0.114. The van der Waals surface area contributed by atoms with E-state index >= 15 is 0 Å². The Morgan fingerprint density at radius 2 is 1.74 bits per heavy atom. The summed E-state index contributed by atoms with van der Waals surface area (Å²) in [7, 11) is -3.57. The molecule has 4 heteroatoms. The lowest BCUT2D eigenvalue weighted by Gasteiger charge is -2.19. The van der Waals surface area contributed by atoms with Crippen LogP contribution in [0, 0.1) is 31.1 Å². The zero-order chi connectivity index (χ0) is 14.6. The molecule has 104 valence electrons. The zero-order valence-corrected chi connectivity index (χ0v) is 12.8. The maximum Gasteiger partial charge on any atom is 0.194 e. The second-order valence-electron chi connectivity index (χ2n) is 4.92. The van der Waals surface area contributed by atoms with Crippen LogP contribution in [0.25, 0.3) is 0 Å². The normalized spacial score (nSPS) is 13.3. The number of nitriles is 1. The predicted octanol–water partition coefficient (Wildman–Crippen LogP) is 3.41. The van der Waals surface area contributed by atoms with Gasteiger partial charge in [-0.05, 0) is 43.0 Å². The molecule has 0 radical (unpaired) electrons. The highest BCUT2D eigenvalue weighted by Crippen LogP contribution is 2.26. The van der Waals surface area contributed by atoms with Crippen LogP contribution in [0.3, 0.4) is 0 Å². The molecular weight excluding hydrogens is 258 g/mol. The summed E-state index contributed by atoms with van der Waals surface area (Å²) in [6.45, 7) is 7.67. The van der Waals surface area contributed by atoms with Gasteiger partial charge in [-0.15, -0.1) is 0 Å². The summed E-state index contributed by atoms with van der Waals surface area (Å²) in [5.74, 6) is -0.114. The first-order valence-corrected chi connectivity index (χ1v) is 8.13. The Bertz CT molecular complexity index is 581. The Kier molecular flexibility index (Phi) is 5.13. The lowest BCUT2D eigenvalue weighted by atomic mass is 10.0. The second-order valence-corrected chi connectivity index (χ2v) is 6.99. The molecule has 0 saturated heterocycles. The molecule has 0 N–H and O–H groups in total. The van der Waals surface area contributed by atoms with Crippen LogP contribution in [0.2, 0.25) is 0 Å². The van der Waals surface area contributed by atoms with Crippen LogP contribution < -0.4 is 0 Å². The predicted molar refractivity (Wildman–Crippen MR) is 76.6 cm³/mol. The molecule has 0 aliphatic rings. The van der Waals surface area contributed by atoms with E-state index in [9.17, 15) is 13.7 Å². The third kappa shape index (κ3) is 3.16. The number of hydrogen-bond acceptors (Lipinski definition) is 3. The monoisotopic (exact) mass is 279 g/mol. The van der Waals surface area contributed by atoms with Crippen molar-refractivity contribution in [3.63, 3.8) is 0 Å². The summed E-state index contributed by atoms with van der Waals surface area (Å²) >= 11 is 0. The average Bonchev–Trinajstić information content (AvgIpc) is 2.38. The molecule has 0 spiro atoms. The van der Waals surface area contributed by atoms with Crippen LogP contribution in [0.1, 0.15) is 37.8 Å². The van der Waals surface area contributed by atoms with Gasteiger partial charge in [-0.3, -0.25) is 0 Å². The third-order valence-corrected chi connectivity index (χ3v) is 5.82. The average molecular weight is 279 g/mol. The highest BCUT2D eigenvalue weighted by molar-refractivity contribution is 7.92. The van der Waals surface area contributed by atoms with Gasteiger partial charge in [-0.1, -0.05) is 32.8 Å². The van der Waals surface area contributed by atoms with E-state index in [4.69, 9.17) is 0 Å². The van der Waals surface area contributed by atoms with Crippen LogP contribution in [0.15, 0.2) is 23.1 Å². The molecule has 0 fully saturated rings. The summed E-state index contributed by atoms with van der Waals surface area (Å²) in [6.07, 6.45) is 1.39. The molecule has 0 aliphatic heterocycles. The quantitative estimate of drug-likeness (QED) is 0.830. The molecule has 1 aromatic rings. The van der Waals surface area contributed by atoms with Crippen molar-refractivity contribution >= 4 is 9.84 Å². The molecule has 1 unspecified atom stereocenters. The van der Waals surface area contributed by atoms with Crippen molar-refractivity contribution in [1.82, 2.24) is 0 Å². The molecule has 0 heterocycles. The Morgan fingerprint density at radius 1 is 1.16 bits per heavy atom. The standard InChI is InChI=1S/C15H21NO2S/c1-5-13(6-2)15(10-16)19(17,18)14-8-7-11(3)12(4)9-14/h7-9,13,15H,5-6H2,1-4H3. The second kappa shape index (κ2) is 6.21. The number of hydrogen-bond donors (Lipinski definition) is 0. The van der Waals surface area contributed by atoms with Gasteiger partial charge in [-0.2, -0.15) is 5.26 Å². The van der Waals surface area contributed by atoms with Crippen LogP contribution in [0.5, 0.6) is 0 Å². The maximum atomic E-state index is 12.6. The summed E-state index contributed by atoms with van der Waals surface area (Å²) in [5, 5.41) is 8.30. The van der Waals surface area contributed by atoms with Gasteiger partial charge in [0.15, 0.2) is 15.1 Å².